The first-order chi connectivity index (χ1) is 13.0. The molecule has 0 aliphatic heterocycles. The van der Waals surface area contributed by atoms with Crippen molar-refractivity contribution in [2.45, 2.75) is 45.1 Å². The number of carbonyl (C=O) groups is 2. The Kier molecular flexibility index (Phi) is 6.16. The van der Waals surface area contributed by atoms with Gasteiger partial charge in [0, 0.05) is 24.5 Å². The van der Waals surface area contributed by atoms with Crippen molar-refractivity contribution in [1.29, 1.82) is 0 Å². The lowest BCUT2D eigenvalue weighted by Gasteiger charge is -2.28. The van der Waals surface area contributed by atoms with Crippen molar-refractivity contribution in [3.05, 3.63) is 59.7 Å². The minimum absolute atomic E-state index is 0.0256. The van der Waals surface area contributed by atoms with Gasteiger partial charge in [-0.3, -0.25) is 14.6 Å². The third-order valence-corrected chi connectivity index (χ3v) is 4.90. The van der Waals surface area contributed by atoms with Gasteiger partial charge in [-0.1, -0.05) is 6.07 Å². The predicted molar refractivity (Wildman–Crippen MR) is 98.6 cm³/mol. The highest BCUT2D eigenvalue weighted by Gasteiger charge is 2.28. The number of aryl methyl sites for hydroxylation is 1. The standard InChI is InChI=1S/C21H23FN2O3/c1-14-2-7-18(13-19(14)22)27-21(26)16-3-5-17(6-4-16)24-20(25)12-15-8-10-23-11-9-15/h2,7-11,13,16-17H,3-6,12H2,1H3,(H,24,25). The van der Waals surface area contributed by atoms with Gasteiger partial charge in [-0.15, -0.1) is 0 Å². The summed E-state index contributed by atoms with van der Waals surface area (Å²) in [4.78, 5) is 28.4. The number of carbonyl (C=O) groups excluding carboxylic acids is 2. The van der Waals surface area contributed by atoms with E-state index in [2.05, 4.69) is 10.3 Å². The van der Waals surface area contributed by atoms with Crippen LogP contribution >= 0.6 is 0 Å². The molecular formula is C21H23FN2O3. The summed E-state index contributed by atoms with van der Waals surface area (Å²) in [6.45, 7) is 1.66. The quantitative estimate of drug-likeness (QED) is 0.647. The first-order valence-corrected chi connectivity index (χ1v) is 9.17. The first-order valence-electron chi connectivity index (χ1n) is 9.17. The van der Waals surface area contributed by atoms with Crippen LogP contribution in [0.3, 0.4) is 0 Å². The number of halogens is 1. The number of hydrogen-bond donors (Lipinski definition) is 1. The first kappa shape index (κ1) is 19.0. The SMILES string of the molecule is Cc1ccc(OC(=O)C2CCC(NC(=O)Cc3ccncc3)CC2)cc1F. The maximum absolute atomic E-state index is 13.6. The van der Waals surface area contributed by atoms with Crippen LogP contribution in [0.15, 0.2) is 42.7 Å². The van der Waals surface area contributed by atoms with Gasteiger partial charge in [0.1, 0.15) is 11.6 Å². The summed E-state index contributed by atoms with van der Waals surface area (Å²) in [7, 11) is 0. The second-order valence-electron chi connectivity index (χ2n) is 6.98. The van der Waals surface area contributed by atoms with Gasteiger partial charge in [-0.05, 0) is 61.9 Å². The Morgan fingerprint density at radius 3 is 2.52 bits per heavy atom. The van der Waals surface area contributed by atoms with Crippen LogP contribution in [-0.2, 0) is 16.0 Å². The Bertz CT molecular complexity index is 802. The van der Waals surface area contributed by atoms with E-state index in [1.165, 1.54) is 6.07 Å². The van der Waals surface area contributed by atoms with E-state index >= 15 is 0 Å². The second-order valence-corrected chi connectivity index (χ2v) is 6.98. The Labute approximate surface area is 158 Å². The lowest BCUT2D eigenvalue weighted by atomic mass is 9.86. The minimum Gasteiger partial charge on any atom is -0.426 e. The fourth-order valence-electron chi connectivity index (χ4n) is 3.27. The molecule has 1 aliphatic carbocycles. The number of esters is 1. The molecule has 142 valence electrons. The largest absolute Gasteiger partial charge is 0.426 e. The number of amides is 1. The van der Waals surface area contributed by atoms with Crippen molar-refractivity contribution < 1.29 is 18.7 Å². The Hall–Kier alpha value is -2.76. The summed E-state index contributed by atoms with van der Waals surface area (Å²) in [5.41, 5.74) is 1.43. The van der Waals surface area contributed by atoms with E-state index in [1.54, 1.807) is 31.5 Å². The third kappa shape index (κ3) is 5.36. The molecule has 3 rings (SSSR count). The Morgan fingerprint density at radius 1 is 1.15 bits per heavy atom. The summed E-state index contributed by atoms with van der Waals surface area (Å²) >= 11 is 0. The van der Waals surface area contributed by atoms with Crippen LogP contribution in [0.1, 0.15) is 36.8 Å². The second kappa shape index (κ2) is 8.75. The number of aromatic nitrogens is 1. The summed E-state index contributed by atoms with van der Waals surface area (Å²) in [6.07, 6.45) is 6.40. The molecule has 2 aromatic rings. The van der Waals surface area contributed by atoms with Crippen LogP contribution in [0.25, 0.3) is 0 Å². The average molecular weight is 370 g/mol. The maximum atomic E-state index is 13.6. The van der Waals surface area contributed by atoms with E-state index in [-0.39, 0.29) is 35.4 Å². The number of ether oxygens (including phenoxy) is 1. The summed E-state index contributed by atoms with van der Waals surface area (Å²) in [5.74, 6) is -0.735. The summed E-state index contributed by atoms with van der Waals surface area (Å²) in [6, 6.07) is 8.13. The summed E-state index contributed by atoms with van der Waals surface area (Å²) < 4.78 is 18.9. The van der Waals surface area contributed by atoms with E-state index in [9.17, 15) is 14.0 Å². The third-order valence-electron chi connectivity index (χ3n) is 4.90. The zero-order valence-electron chi connectivity index (χ0n) is 15.3. The zero-order valence-corrected chi connectivity index (χ0v) is 15.3. The average Bonchev–Trinajstić information content (AvgIpc) is 2.66. The number of hydrogen-bond acceptors (Lipinski definition) is 4. The molecule has 0 atom stereocenters. The highest BCUT2D eigenvalue weighted by molar-refractivity contribution is 5.79. The number of nitrogens with zero attached hydrogens (tertiary/aromatic N) is 1. The van der Waals surface area contributed by atoms with E-state index in [1.807, 2.05) is 12.1 Å². The van der Waals surface area contributed by atoms with E-state index in [4.69, 9.17) is 4.74 Å². The fourth-order valence-corrected chi connectivity index (χ4v) is 3.27. The van der Waals surface area contributed by atoms with Gasteiger partial charge >= 0.3 is 5.97 Å². The zero-order chi connectivity index (χ0) is 19.2. The molecule has 1 heterocycles. The van der Waals surface area contributed by atoms with Crippen LogP contribution in [0.4, 0.5) is 4.39 Å². The lowest BCUT2D eigenvalue weighted by Crippen LogP contribution is -2.40. The van der Waals surface area contributed by atoms with Crippen molar-refractivity contribution in [3.8, 4) is 5.75 Å². The van der Waals surface area contributed by atoms with E-state index in [0.29, 0.717) is 24.8 Å². The van der Waals surface area contributed by atoms with Gasteiger partial charge in [0.2, 0.25) is 5.91 Å². The molecule has 1 N–H and O–H groups in total. The molecule has 1 aromatic heterocycles. The van der Waals surface area contributed by atoms with Gasteiger partial charge in [0.25, 0.3) is 0 Å². The van der Waals surface area contributed by atoms with Crippen LogP contribution < -0.4 is 10.1 Å². The smallest absolute Gasteiger partial charge is 0.314 e. The molecule has 0 unspecified atom stereocenters. The molecule has 0 saturated heterocycles. The highest BCUT2D eigenvalue weighted by atomic mass is 19.1. The normalized spacial score (nSPS) is 19.3. The van der Waals surface area contributed by atoms with Gasteiger partial charge in [0.05, 0.1) is 12.3 Å². The number of benzene rings is 1. The number of nitrogens with one attached hydrogen (secondary N) is 1. The van der Waals surface area contributed by atoms with Crippen LogP contribution in [0.2, 0.25) is 0 Å². The molecule has 27 heavy (non-hydrogen) atoms. The Balaban J connectivity index is 1.44. The molecule has 1 saturated carbocycles. The molecule has 6 heteroatoms. The molecule has 0 spiro atoms. The molecule has 0 bridgehead atoms. The minimum atomic E-state index is -0.388. The molecule has 0 radical (unpaired) electrons. The van der Waals surface area contributed by atoms with Crippen molar-refractivity contribution in [3.63, 3.8) is 0 Å². The van der Waals surface area contributed by atoms with Crippen molar-refractivity contribution in [2.75, 3.05) is 0 Å². The molecule has 1 fully saturated rings. The number of pyridine rings is 1. The fraction of sp³-hybridized carbons (Fsp3) is 0.381. The maximum Gasteiger partial charge on any atom is 0.314 e. The van der Waals surface area contributed by atoms with Gasteiger partial charge in [-0.25, -0.2) is 4.39 Å². The predicted octanol–water partition coefficient (Wildman–Crippen LogP) is 3.35. The molecule has 1 aromatic carbocycles. The highest BCUT2D eigenvalue weighted by Crippen LogP contribution is 2.27. The lowest BCUT2D eigenvalue weighted by molar-refractivity contribution is -0.140. The number of rotatable bonds is 5. The van der Waals surface area contributed by atoms with Crippen LogP contribution in [0.5, 0.6) is 5.75 Å². The molecule has 1 aliphatic rings. The topological polar surface area (TPSA) is 68.3 Å². The summed E-state index contributed by atoms with van der Waals surface area (Å²) in [5, 5.41) is 3.03. The van der Waals surface area contributed by atoms with Gasteiger partial charge < -0.3 is 10.1 Å². The van der Waals surface area contributed by atoms with Gasteiger partial charge in [0.15, 0.2) is 0 Å². The van der Waals surface area contributed by atoms with E-state index < -0.39 is 0 Å². The monoisotopic (exact) mass is 370 g/mol. The molecular weight excluding hydrogens is 347 g/mol. The van der Waals surface area contributed by atoms with Crippen molar-refractivity contribution in [1.82, 2.24) is 10.3 Å². The molecule has 1 amide bonds. The van der Waals surface area contributed by atoms with Crippen LogP contribution in [0, 0.1) is 18.7 Å². The van der Waals surface area contributed by atoms with Crippen LogP contribution in [-0.4, -0.2) is 22.9 Å². The van der Waals surface area contributed by atoms with Gasteiger partial charge in [-0.2, -0.15) is 0 Å². The Morgan fingerprint density at radius 2 is 1.85 bits per heavy atom. The van der Waals surface area contributed by atoms with E-state index in [0.717, 1.165) is 18.4 Å². The molecule has 5 nitrogen and oxygen atoms in total. The van der Waals surface area contributed by atoms with Crippen molar-refractivity contribution in [2.24, 2.45) is 5.92 Å². The van der Waals surface area contributed by atoms with Crippen molar-refractivity contribution >= 4 is 11.9 Å².